The molecule has 0 radical (unpaired) electrons. The molecule has 0 aromatic carbocycles. The second kappa shape index (κ2) is 33.4. The van der Waals surface area contributed by atoms with Gasteiger partial charge in [-0.15, -0.1) is 0 Å². The summed E-state index contributed by atoms with van der Waals surface area (Å²) in [4.78, 5) is 0. The van der Waals surface area contributed by atoms with E-state index in [9.17, 15) is 112 Å². The van der Waals surface area contributed by atoms with Gasteiger partial charge in [-0.1, -0.05) is 39.3 Å². The lowest BCUT2D eigenvalue weighted by Gasteiger charge is -2.58. The van der Waals surface area contributed by atoms with E-state index in [1.165, 1.54) is 6.92 Å². The molecule has 105 heavy (non-hydrogen) atoms. The van der Waals surface area contributed by atoms with Gasteiger partial charge in [0.1, 0.15) is 159 Å². The van der Waals surface area contributed by atoms with Gasteiger partial charge in [0.25, 0.3) is 0 Å². The van der Waals surface area contributed by atoms with E-state index in [1.54, 1.807) is 0 Å². The van der Waals surface area contributed by atoms with E-state index in [0.29, 0.717) is 32.1 Å². The Morgan fingerprint density at radius 3 is 1.67 bits per heavy atom. The normalized spacial score (nSPS) is 54.8. The molecule has 4 aliphatic carbocycles. The van der Waals surface area contributed by atoms with Crippen molar-refractivity contribution in [2.45, 2.75) is 319 Å². The van der Waals surface area contributed by atoms with Gasteiger partial charge in [-0.25, -0.2) is 0 Å². The summed E-state index contributed by atoms with van der Waals surface area (Å²) in [6.07, 6.45) is -53.3. The van der Waals surface area contributed by atoms with Gasteiger partial charge in [0.15, 0.2) is 49.8 Å². The number of aliphatic hydroxyl groups is 22. The van der Waals surface area contributed by atoms with Gasteiger partial charge in [-0.2, -0.15) is 0 Å². The third-order valence-corrected chi connectivity index (χ3v) is 25.4. The molecule has 22 N–H and O–H groups in total. The highest BCUT2D eigenvalue weighted by Gasteiger charge is 2.69. The van der Waals surface area contributed by atoms with E-state index in [2.05, 4.69) is 26.8 Å². The fourth-order valence-electron chi connectivity index (χ4n) is 19.1. The average molecular weight is 1520 g/mol. The molecule has 0 spiro atoms. The predicted octanol–water partition coefficient (Wildman–Crippen LogP) is -8.90. The maximum absolute atomic E-state index is 12.6. The molecule has 0 amide bonds. The van der Waals surface area contributed by atoms with Crippen molar-refractivity contribution in [2.75, 3.05) is 46.2 Å². The number of hydrogen-bond acceptors (Lipinski definition) is 37. The van der Waals surface area contributed by atoms with Crippen molar-refractivity contribution in [3.8, 4) is 0 Å². The zero-order chi connectivity index (χ0) is 76.0. The van der Waals surface area contributed by atoms with E-state index in [0.717, 1.165) is 31.3 Å². The fraction of sp³-hybridized carbons (Fsp3) is 0.971. The van der Waals surface area contributed by atoms with Crippen molar-refractivity contribution < 1.29 is 183 Å². The van der Waals surface area contributed by atoms with E-state index in [4.69, 9.17) is 71.1 Å². The lowest BCUT2D eigenvalue weighted by molar-refractivity contribution is -0.400. The molecule has 3 saturated carbocycles. The van der Waals surface area contributed by atoms with E-state index in [1.807, 2.05) is 6.92 Å². The summed E-state index contributed by atoms with van der Waals surface area (Å²) in [5, 5.41) is 240. The van der Waals surface area contributed by atoms with Crippen LogP contribution in [0.1, 0.15) is 92.4 Å². The highest BCUT2D eigenvalue weighted by molar-refractivity contribution is 5.27. The van der Waals surface area contributed by atoms with Crippen LogP contribution in [0.2, 0.25) is 0 Å². The molecule has 11 fully saturated rings. The second-order valence-corrected chi connectivity index (χ2v) is 31.8. The standard InChI is InChI=1S/C68H112O37/c1-23(20-91-59-49(84)45(80)41(76)33(16-69)96-59)8-13-68(90)24(2)38-32(105-68)15-30-28-7-6-26-14-27(9-11-66(26,4)29(28)10-12-67(30,38)5)95-65-58(104-62-51(86)44(79)39(74)25(3)94-62)53(88)55(36(19-72)99-65)102-64-54(89)57(43(78)35(18-71)98-64)103-63-52(87)47(82)56(101-61-48(83)40(75)31(73)21-92-61)37(100-63)22-93-60-50(85)46(81)42(77)34(17-70)97-60/h6,23-25,27-65,69-90H,7-22H2,1-5H3/t23-,24-,25-,27-,28+,29-,30-,31+,32-,33+,34+,35+,36+,37+,38-,39-,40-,41+,42+,43+,44+,45-,46-,47+,48+,49+,50+,51+,52+,53-,54+,55+,56+,57-,58+,59+,60+,61-,62-,63-,64-,65+,66-,67-,68?/m0/s1. The van der Waals surface area contributed by atoms with Crippen molar-refractivity contribution in [1.29, 1.82) is 0 Å². The third kappa shape index (κ3) is 15.8. The van der Waals surface area contributed by atoms with Crippen LogP contribution in [0.4, 0.5) is 0 Å². The Labute approximate surface area is 605 Å². The number of aliphatic hydroxyl groups excluding tert-OH is 21. The lowest BCUT2D eigenvalue weighted by Crippen LogP contribution is -2.68. The summed E-state index contributed by atoms with van der Waals surface area (Å²) in [6, 6.07) is 0. The first-order chi connectivity index (χ1) is 49.7. The van der Waals surface area contributed by atoms with Crippen LogP contribution in [0.25, 0.3) is 0 Å². The molecule has 37 heteroatoms. The molecule has 8 heterocycles. The molecule has 37 nitrogen and oxygen atoms in total. The van der Waals surface area contributed by atoms with Crippen LogP contribution in [-0.4, -0.2) is 385 Å². The van der Waals surface area contributed by atoms with Crippen LogP contribution in [0.15, 0.2) is 11.6 Å². The minimum Gasteiger partial charge on any atom is -0.394 e. The van der Waals surface area contributed by atoms with Crippen molar-refractivity contribution in [3.63, 3.8) is 0 Å². The molecule has 12 aliphatic rings. The van der Waals surface area contributed by atoms with Crippen molar-refractivity contribution in [1.82, 2.24) is 0 Å². The number of fused-ring (bicyclic) bond motifs is 7. The SMILES string of the molecule is C[C@@H](CCC1(O)O[C@H]2C[C@H]3[C@@H]4CC=C5C[C@@H](O[C@@H]6O[C@H](CO)[C@@H](O[C@@H]7O[C@H](CO)[C@@H](O)[C@H](O[C@@H]8O[C@H](CO[C@@H]9O[C@H](CO)[C@@H](O)[C@H](O)[C@H]9O)[C@@H](O[C@@H]9OC[C@@H](O)[C@H](O)[C@H]9O)[C@H](O)[C@H]8O)[C@H]7O)[C@H](O)[C@H]6O[C@@H]6O[C@@H](C)[C@H](O)[C@@H](O)[C@H]6O)CC[C@]5(C)[C@H]4CC[C@]3(C)[C@H]2[C@@H]1C)CO[C@@H]1O[C@H](CO)[C@@H](O)[C@H](O)[C@H]1O. The van der Waals surface area contributed by atoms with Gasteiger partial charge in [-0.3, -0.25) is 0 Å². The maximum atomic E-state index is 12.6. The Morgan fingerprint density at radius 2 is 1.01 bits per heavy atom. The van der Waals surface area contributed by atoms with Crippen LogP contribution < -0.4 is 0 Å². The van der Waals surface area contributed by atoms with Crippen LogP contribution in [-0.2, 0) is 71.1 Å². The molecule has 8 saturated heterocycles. The Morgan fingerprint density at radius 1 is 0.486 bits per heavy atom. The molecule has 0 bridgehead atoms. The van der Waals surface area contributed by atoms with Gasteiger partial charge in [-0.05, 0) is 98.7 Å². The predicted molar refractivity (Wildman–Crippen MR) is 342 cm³/mol. The summed E-state index contributed by atoms with van der Waals surface area (Å²) in [7, 11) is 0. The average Bonchev–Trinajstić information content (AvgIpc) is 1.54. The first kappa shape index (κ1) is 82.7. The van der Waals surface area contributed by atoms with Crippen LogP contribution in [0.5, 0.6) is 0 Å². The number of rotatable bonds is 23. The van der Waals surface area contributed by atoms with Crippen LogP contribution in [0.3, 0.4) is 0 Å². The van der Waals surface area contributed by atoms with Crippen molar-refractivity contribution in [2.24, 2.45) is 46.3 Å². The zero-order valence-corrected chi connectivity index (χ0v) is 59.1. The molecule has 12 rings (SSSR count). The molecule has 8 aliphatic heterocycles. The summed E-state index contributed by atoms with van der Waals surface area (Å²) < 4.78 is 90.0. The van der Waals surface area contributed by atoms with Crippen molar-refractivity contribution >= 4 is 0 Å². The van der Waals surface area contributed by atoms with Crippen molar-refractivity contribution in [3.05, 3.63) is 11.6 Å². The van der Waals surface area contributed by atoms with Crippen LogP contribution in [0, 0.1) is 46.3 Å². The van der Waals surface area contributed by atoms with Gasteiger partial charge < -0.3 is 183 Å². The number of ether oxygens (including phenoxy) is 15. The Kier molecular flexibility index (Phi) is 26.3. The fourth-order valence-corrected chi connectivity index (χ4v) is 19.1. The molecule has 606 valence electrons. The monoisotopic (exact) mass is 1520 g/mol. The lowest BCUT2D eigenvalue weighted by atomic mass is 9.47. The minimum atomic E-state index is -2.24. The zero-order valence-electron chi connectivity index (χ0n) is 59.1. The Hall–Kier alpha value is -1.74. The van der Waals surface area contributed by atoms with Gasteiger partial charge in [0, 0.05) is 12.3 Å². The molecule has 45 atom stereocenters. The molecular weight excluding hydrogens is 1410 g/mol. The summed E-state index contributed by atoms with van der Waals surface area (Å²) in [5.74, 6) is -0.845. The van der Waals surface area contributed by atoms with E-state index < -0.39 is 260 Å². The maximum Gasteiger partial charge on any atom is 0.187 e. The molecule has 0 aromatic rings. The Bertz CT molecular complexity index is 2840. The van der Waals surface area contributed by atoms with E-state index in [-0.39, 0.29) is 59.0 Å². The summed E-state index contributed by atoms with van der Waals surface area (Å²) in [5.41, 5.74) is 0.725. The minimum absolute atomic E-state index is 0.0702. The molecule has 1 unspecified atom stereocenters. The first-order valence-corrected chi connectivity index (χ1v) is 36.9. The smallest absolute Gasteiger partial charge is 0.187 e. The second-order valence-electron chi connectivity index (χ2n) is 31.8. The largest absolute Gasteiger partial charge is 0.394 e. The quantitative estimate of drug-likeness (QED) is 0.0423. The molecular formula is C68H112O37. The highest BCUT2D eigenvalue weighted by atomic mass is 16.8. The third-order valence-electron chi connectivity index (χ3n) is 25.4. The summed E-state index contributed by atoms with van der Waals surface area (Å²) >= 11 is 0. The van der Waals surface area contributed by atoms with Crippen LogP contribution >= 0.6 is 0 Å². The Balaban J connectivity index is 0.718. The topological polar surface area (TPSA) is 584 Å². The van der Waals surface area contributed by atoms with Gasteiger partial charge in [0.2, 0.25) is 0 Å². The van der Waals surface area contributed by atoms with E-state index >= 15 is 0 Å². The van der Waals surface area contributed by atoms with Gasteiger partial charge in [0.05, 0.1) is 64.6 Å². The molecule has 0 aromatic heterocycles. The van der Waals surface area contributed by atoms with Gasteiger partial charge >= 0.3 is 0 Å². The summed E-state index contributed by atoms with van der Waals surface area (Å²) in [6.45, 7) is 5.32. The number of hydrogen-bond donors (Lipinski definition) is 22. The first-order valence-electron chi connectivity index (χ1n) is 36.9. The highest BCUT2D eigenvalue weighted by Crippen LogP contribution is 2.70. The number of allylic oxidation sites excluding steroid dienone is 1.